The van der Waals surface area contributed by atoms with Gasteiger partial charge < -0.3 is 0 Å². The lowest BCUT2D eigenvalue weighted by atomic mass is 10.1. The van der Waals surface area contributed by atoms with Gasteiger partial charge in [0.05, 0.1) is 21.2 Å². The van der Waals surface area contributed by atoms with Crippen LogP contribution in [0.4, 0.5) is 0 Å². The van der Waals surface area contributed by atoms with Gasteiger partial charge in [0, 0.05) is 24.0 Å². The van der Waals surface area contributed by atoms with Gasteiger partial charge in [-0.2, -0.15) is 4.31 Å². The van der Waals surface area contributed by atoms with E-state index in [1.165, 1.54) is 28.2 Å². The SMILES string of the molecule is Cc1cc(SCC(=O)c2ccc(S(=O)(=O)N3CCCC3)cc2)nc2ccccc12. The molecule has 0 atom stereocenters. The van der Waals surface area contributed by atoms with Gasteiger partial charge in [-0.25, -0.2) is 13.4 Å². The van der Waals surface area contributed by atoms with Crippen molar-refractivity contribution in [3.8, 4) is 0 Å². The second-order valence-electron chi connectivity index (χ2n) is 7.14. The maximum absolute atomic E-state index is 12.6. The van der Waals surface area contributed by atoms with Gasteiger partial charge in [-0.3, -0.25) is 4.79 Å². The van der Waals surface area contributed by atoms with E-state index in [0.29, 0.717) is 18.7 Å². The molecule has 7 heteroatoms. The van der Waals surface area contributed by atoms with Crippen molar-refractivity contribution in [2.24, 2.45) is 0 Å². The Bertz CT molecular complexity index is 1150. The molecule has 1 aliphatic heterocycles. The summed E-state index contributed by atoms with van der Waals surface area (Å²) in [4.78, 5) is 17.4. The third-order valence-electron chi connectivity index (χ3n) is 5.13. The zero-order chi connectivity index (χ0) is 20.4. The van der Waals surface area contributed by atoms with Crippen molar-refractivity contribution in [1.82, 2.24) is 9.29 Å². The van der Waals surface area contributed by atoms with Gasteiger partial charge in [-0.15, -0.1) is 0 Å². The highest BCUT2D eigenvalue weighted by Crippen LogP contribution is 2.25. The van der Waals surface area contributed by atoms with Crippen molar-refractivity contribution < 1.29 is 13.2 Å². The van der Waals surface area contributed by atoms with Crippen LogP contribution in [0.3, 0.4) is 0 Å². The monoisotopic (exact) mass is 426 g/mol. The molecule has 2 aromatic carbocycles. The van der Waals surface area contributed by atoms with Crippen LogP contribution in [0.2, 0.25) is 0 Å². The summed E-state index contributed by atoms with van der Waals surface area (Å²) in [5.74, 6) is 0.205. The van der Waals surface area contributed by atoms with Crippen LogP contribution in [-0.4, -0.2) is 42.3 Å². The third kappa shape index (κ3) is 4.22. The Balaban J connectivity index is 1.45. The summed E-state index contributed by atoms with van der Waals surface area (Å²) >= 11 is 1.40. The number of carbonyl (C=O) groups excluding carboxylic acids is 1. The number of nitrogens with zero attached hydrogens (tertiary/aromatic N) is 2. The maximum atomic E-state index is 12.6. The molecule has 3 aromatic rings. The molecule has 1 fully saturated rings. The third-order valence-corrected chi connectivity index (χ3v) is 7.95. The van der Waals surface area contributed by atoms with E-state index in [-0.39, 0.29) is 16.4 Å². The van der Waals surface area contributed by atoms with E-state index in [0.717, 1.165) is 34.3 Å². The Kier molecular flexibility index (Phi) is 5.72. The van der Waals surface area contributed by atoms with E-state index in [9.17, 15) is 13.2 Å². The summed E-state index contributed by atoms with van der Waals surface area (Å²) in [5, 5.41) is 1.92. The van der Waals surface area contributed by atoms with E-state index >= 15 is 0 Å². The second-order valence-corrected chi connectivity index (χ2v) is 10.1. The molecule has 0 unspecified atom stereocenters. The van der Waals surface area contributed by atoms with E-state index in [1.807, 2.05) is 37.3 Å². The van der Waals surface area contributed by atoms with Crippen molar-refractivity contribution in [2.45, 2.75) is 29.7 Å². The molecular formula is C22H22N2O3S2. The maximum Gasteiger partial charge on any atom is 0.243 e. The number of rotatable bonds is 6. The van der Waals surface area contributed by atoms with Gasteiger partial charge in [-0.05, 0) is 49.6 Å². The number of carbonyl (C=O) groups is 1. The molecule has 5 nitrogen and oxygen atoms in total. The normalized spacial score (nSPS) is 15.1. The molecule has 1 saturated heterocycles. The highest BCUT2D eigenvalue weighted by molar-refractivity contribution is 7.99. The van der Waals surface area contributed by atoms with Crippen LogP contribution in [0.5, 0.6) is 0 Å². The van der Waals surface area contributed by atoms with Crippen LogP contribution < -0.4 is 0 Å². The molecule has 0 bridgehead atoms. The number of hydrogen-bond donors (Lipinski definition) is 0. The lowest BCUT2D eigenvalue weighted by Crippen LogP contribution is -2.27. The number of fused-ring (bicyclic) bond motifs is 1. The van der Waals surface area contributed by atoms with Crippen LogP contribution in [-0.2, 0) is 10.0 Å². The van der Waals surface area contributed by atoms with Crippen molar-refractivity contribution >= 4 is 38.5 Å². The zero-order valence-corrected chi connectivity index (χ0v) is 17.8. The van der Waals surface area contributed by atoms with Gasteiger partial charge in [0.25, 0.3) is 0 Å². The standard InChI is InChI=1S/C22H22N2O3S2/c1-16-14-22(23-20-7-3-2-6-19(16)20)28-15-21(25)17-8-10-18(11-9-17)29(26,27)24-12-4-5-13-24/h2-3,6-11,14H,4-5,12-13,15H2,1H3. The van der Waals surface area contributed by atoms with Crippen molar-refractivity contribution in [3.63, 3.8) is 0 Å². The number of benzene rings is 2. The first-order valence-corrected chi connectivity index (χ1v) is 12.0. The van der Waals surface area contributed by atoms with Crippen LogP contribution in [0.25, 0.3) is 10.9 Å². The zero-order valence-electron chi connectivity index (χ0n) is 16.2. The summed E-state index contributed by atoms with van der Waals surface area (Å²) in [5.41, 5.74) is 2.55. The summed E-state index contributed by atoms with van der Waals surface area (Å²) in [6, 6.07) is 16.2. The van der Waals surface area contributed by atoms with Crippen LogP contribution in [0.15, 0.2) is 64.5 Å². The van der Waals surface area contributed by atoms with E-state index in [2.05, 4.69) is 4.98 Å². The first-order valence-electron chi connectivity index (χ1n) is 9.58. The minimum Gasteiger partial charge on any atom is -0.293 e. The molecule has 0 radical (unpaired) electrons. The van der Waals surface area contributed by atoms with Crippen molar-refractivity contribution in [2.75, 3.05) is 18.8 Å². The minimum atomic E-state index is -3.46. The number of Topliss-reactive ketones (excluding diaryl/α,β-unsaturated/α-hetero) is 1. The fraction of sp³-hybridized carbons (Fsp3) is 0.273. The van der Waals surface area contributed by atoms with E-state index < -0.39 is 10.0 Å². The molecule has 1 aromatic heterocycles. The molecule has 0 amide bonds. The first kappa shape index (κ1) is 20.1. The Morgan fingerprint density at radius 2 is 1.76 bits per heavy atom. The van der Waals surface area contributed by atoms with Gasteiger partial charge in [0.2, 0.25) is 10.0 Å². The fourth-order valence-electron chi connectivity index (χ4n) is 3.51. The number of para-hydroxylation sites is 1. The van der Waals surface area contributed by atoms with E-state index in [4.69, 9.17) is 0 Å². The molecule has 2 heterocycles. The van der Waals surface area contributed by atoms with Gasteiger partial charge >= 0.3 is 0 Å². The highest BCUT2D eigenvalue weighted by atomic mass is 32.2. The summed E-state index contributed by atoms with van der Waals surface area (Å²) < 4.78 is 26.7. The fourth-order valence-corrected chi connectivity index (χ4v) is 5.89. The quantitative estimate of drug-likeness (QED) is 0.434. The Hall–Kier alpha value is -2.22. The molecular weight excluding hydrogens is 404 g/mol. The topological polar surface area (TPSA) is 67.3 Å². The number of sulfonamides is 1. The number of pyridine rings is 1. The van der Waals surface area contributed by atoms with Gasteiger partial charge in [0.1, 0.15) is 0 Å². The van der Waals surface area contributed by atoms with Crippen molar-refractivity contribution in [1.29, 1.82) is 0 Å². The Labute approximate surface area is 175 Å². The lowest BCUT2D eigenvalue weighted by Gasteiger charge is -2.15. The molecule has 0 aliphatic carbocycles. The molecule has 0 saturated carbocycles. The molecule has 150 valence electrons. The Morgan fingerprint density at radius 3 is 2.48 bits per heavy atom. The minimum absolute atomic E-state index is 0.0484. The van der Waals surface area contributed by atoms with Crippen LogP contribution in [0, 0.1) is 6.92 Å². The molecule has 0 N–H and O–H groups in total. The summed E-state index contributed by atoms with van der Waals surface area (Å²) in [6.45, 7) is 3.17. The van der Waals surface area contributed by atoms with Crippen LogP contribution >= 0.6 is 11.8 Å². The summed E-state index contributed by atoms with van der Waals surface area (Å²) in [6.07, 6.45) is 1.80. The molecule has 4 rings (SSSR count). The van der Waals surface area contributed by atoms with Crippen LogP contribution in [0.1, 0.15) is 28.8 Å². The predicted octanol–water partition coefficient (Wildman–Crippen LogP) is 4.30. The first-order chi connectivity index (χ1) is 13.9. The number of aryl methyl sites for hydroxylation is 1. The average molecular weight is 427 g/mol. The van der Waals surface area contributed by atoms with Gasteiger partial charge in [-0.1, -0.05) is 42.1 Å². The lowest BCUT2D eigenvalue weighted by molar-refractivity contribution is 0.102. The highest BCUT2D eigenvalue weighted by Gasteiger charge is 2.27. The largest absolute Gasteiger partial charge is 0.293 e. The predicted molar refractivity (Wildman–Crippen MR) is 116 cm³/mol. The average Bonchev–Trinajstić information content (AvgIpc) is 3.28. The summed E-state index contributed by atoms with van der Waals surface area (Å²) in [7, 11) is -3.46. The van der Waals surface area contributed by atoms with Gasteiger partial charge in [0.15, 0.2) is 5.78 Å². The second kappa shape index (κ2) is 8.26. The number of thioether (sulfide) groups is 1. The van der Waals surface area contributed by atoms with Crippen molar-refractivity contribution in [3.05, 3.63) is 65.7 Å². The smallest absolute Gasteiger partial charge is 0.243 e. The molecule has 29 heavy (non-hydrogen) atoms. The Morgan fingerprint density at radius 1 is 1.07 bits per heavy atom. The van der Waals surface area contributed by atoms with E-state index in [1.54, 1.807) is 12.1 Å². The number of hydrogen-bond acceptors (Lipinski definition) is 5. The number of ketones is 1. The molecule has 1 aliphatic rings. The number of aromatic nitrogens is 1. The molecule has 0 spiro atoms.